The Labute approximate surface area is 99.7 Å². The highest BCUT2D eigenvalue weighted by atomic mass is 35.7. The Hall–Kier alpha value is -1.05. The van der Waals surface area contributed by atoms with E-state index >= 15 is 0 Å². The van der Waals surface area contributed by atoms with Crippen molar-refractivity contribution < 1.29 is 22.3 Å². The fourth-order valence-corrected chi connectivity index (χ4v) is 1.42. The summed E-state index contributed by atoms with van der Waals surface area (Å²) in [6.07, 6.45) is -1.46. The average Bonchev–Trinajstić information content (AvgIpc) is 2.08. The summed E-state index contributed by atoms with van der Waals surface area (Å²) in [5.41, 5.74) is 0. The lowest BCUT2D eigenvalue weighted by molar-refractivity contribution is 0.205. The first-order valence-electron chi connectivity index (χ1n) is 3.68. The molecule has 0 bridgehead atoms. The topological polar surface area (TPSA) is 72.5 Å². The molecule has 0 radical (unpaired) electrons. The summed E-state index contributed by atoms with van der Waals surface area (Å²) in [5.74, 6) is -1.49. The van der Waals surface area contributed by atoms with Crippen LogP contribution in [0.5, 0.6) is 5.75 Å². The smallest absolute Gasteiger partial charge is 0.405 e. The van der Waals surface area contributed by atoms with Crippen LogP contribution >= 0.6 is 22.3 Å². The number of hydrogen-bond acceptors (Lipinski definition) is 4. The molecule has 0 fully saturated rings. The van der Waals surface area contributed by atoms with E-state index in [1.165, 1.54) is 16.9 Å². The van der Waals surface area contributed by atoms with Gasteiger partial charge in [-0.1, -0.05) is 17.7 Å². The van der Waals surface area contributed by atoms with Gasteiger partial charge in [0, 0.05) is 10.7 Å². The Morgan fingerprint density at radius 1 is 1.44 bits per heavy atom. The first-order chi connectivity index (χ1) is 7.29. The van der Waals surface area contributed by atoms with Crippen molar-refractivity contribution in [2.75, 3.05) is 0 Å². The van der Waals surface area contributed by atoms with E-state index in [0.29, 0.717) is 0 Å². The van der Waals surface area contributed by atoms with E-state index in [2.05, 4.69) is 4.74 Å². The molecule has 0 aliphatic rings. The molecule has 16 heavy (non-hydrogen) atoms. The quantitative estimate of drug-likeness (QED) is 0.845. The van der Waals surface area contributed by atoms with Crippen molar-refractivity contribution in [2.45, 2.75) is 0 Å². The average molecular weight is 288 g/mol. The van der Waals surface area contributed by atoms with Gasteiger partial charge >= 0.3 is 15.3 Å². The third-order valence-corrected chi connectivity index (χ3v) is 2.26. The fraction of sp³-hybridized carbons (Fsp3) is 0. The second-order valence-electron chi connectivity index (χ2n) is 2.48. The van der Waals surface area contributed by atoms with Crippen LogP contribution in [0.25, 0.3) is 0 Å². The Bertz CT molecular complexity index is 499. The summed E-state index contributed by atoms with van der Waals surface area (Å²) < 4.78 is 39.5. The van der Waals surface area contributed by atoms with Crippen molar-refractivity contribution in [1.29, 1.82) is 0 Å². The van der Waals surface area contributed by atoms with Gasteiger partial charge in [0.15, 0.2) is 11.6 Å². The van der Waals surface area contributed by atoms with Crippen molar-refractivity contribution in [1.82, 2.24) is 4.72 Å². The van der Waals surface area contributed by atoms with E-state index in [1.54, 1.807) is 0 Å². The number of rotatable bonds is 2. The minimum absolute atomic E-state index is 0.179. The predicted octanol–water partition coefficient (Wildman–Crippen LogP) is 2.05. The lowest BCUT2D eigenvalue weighted by atomic mass is 10.3. The molecule has 1 N–H and O–H groups in total. The molecule has 0 aromatic heterocycles. The van der Waals surface area contributed by atoms with Crippen molar-refractivity contribution >= 4 is 37.6 Å². The number of benzene rings is 1. The van der Waals surface area contributed by atoms with Crippen LogP contribution in [-0.2, 0) is 9.24 Å². The summed E-state index contributed by atoms with van der Waals surface area (Å²) in [7, 11) is 0.420. The number of halogens is 3. The van der Waals surface area contributed by atoms with Crippen LogP contribution in [-0.4, -0.2) is 14.5 Å². The van der Waals surface area contributed by atoms with Crippen LogP contribution in [0.15, 0.2) is 18.2 Å². The molecule has 9 heteroatoms. The molecule has 88 valence electrons. The molecule has 0 saturated carbocycles. The minimum atomic E-state index is -4.29. The highest BCUT2D eigenvalue weighted by Crippen LogP contribution is 2.27. The molecule has 0 saturated heterocycles. The van der Waals surface area contributed by atoms with Crippen LogP contribution in [0.4, 0.5) is 9.18 Å². The Balaban J connectivity index is 2.86. The van der Waals surface area contributed by atoms with Gasteiger partial charge < -0.3 is 4.74 Å². The van der Waals surface area contributed by atoms with E-state index in [4.69, 9.17) is 22.3 Å². The Kier molecular flexibility index (Phi) is 3.95. The summed E-state index contributed by atoms with van der Waals surface area (Å²) >= 11 is 5.52. The molecule has 1 amide bonds. The number of carbonyl (C=O) groups is 1. The highest BCUT2D eigenvalue weighted by Gasteiger charge is 2.16. The molecule has 1 rings (SSSR count). The van der Waals surface area contributed by atoms with Gasteiger partial charge in [0.1, 0.15) is 0 Å². The zero-order valence-electron chi connectivity index (χ0n) is 7.41. The summed E-state index contributed by atoms with van der Waals surface area (Å²) in [6.45, 7) is 0. The van der Waals surface area contributed by atoms with E-state index < -0.39 is 26.9 Å². The number of amides is 1. The lowest BCUT2D eigenvalue weighted by Crippen LogP contribution is -2.29. The maximum Gasteiger partial charge on any atom is 0.427 e. The molecule has 0 heterocycles. The standard InChI is InChI=1S/C7H4Cl2FNO4S/c8-4-2-1-3-5(10)6(4)15-7(12)11-16(9,13)14/h1-3H,(H,11,12). The molecule has 0 spiro atoms. The third-order valence-electron chi connectivity index (χ3n) is 1.32. The van der Waals surface area contributed by atoms with Crippen LogP contribution in [0.1, 0.15) is 0 Å². The number of para-hydroxylation sites is 1. The largest absolute Gasteiger partial charge is 0.427 e. The van der Waals surface area contributed by atoms with Gasteiger partial charge in [0.05, 0.1) is 5.02 Å². The third kappa shape index (κ3) is 3.84. The van der Waals surface area contributed by atoms with Crippen molar-refractivity contribution in [2.24, 2.45) is 0 Å². The SMILES string of the molecule is O=C(NS(=O)(=O)Cl)Oc1c(F)cccc1Cl. The fourth-order valence-electron chi connectivity index (χ4n) is 0.793. The number of ether oxygens (including phenoxy) is 1. The Morgan fingerprint density at radius 3 is 2.56 bits per heavy atom. The molecule has 1 aromatic rings. The monoisotopic (exact) mass is 287 g/mol. The molecule has 0 aliphatic carbocycles. The van der Waals surface area contributed by atoms with Crippen molar-refractivity contribution in [3.05, 3.63) is 29.0 Å². The molecule has 0 aliphatic heterocycles. The molecule has 5 nitrogen and oxygen atoms in total. The summed E-state index contributed by atoms with van der Waals surface area (Å²) in [6, 6.07) is 3.55. The van der Waals surface area contributed by atoms with Crippen molar-refractivity contribution in [3.63, 3.8) is 0 Å². The summed E-state index contributed by atoms with van der Waals surface area (Å²) in [5, 5.41) is -0.179. The number of nitrogens with one attached hydrogen (secondary N) is 1. The van der Waals surface area contributed by atoms with Crippen LogP contribution in [0, 0.1) is 5.82 Å². The highest BCUT2D eigenvalue weighted by molar-refractivity contribution is 8.12. The van der Waals surface area contributed by atoms with Gasteiger partial charge in [0.2, 0.25) is 0 Å². The number of hydrogen-bond donors (Lipinski definition) is 1. The molecule has 0 atom stereocenters. The molecular weight excluding hydrogens is 284 g/mol. The van der Waals surface area contributed by atoms with Crippen LogP contribution in [0.2, 0.25) is 5.02 Å². The maximum absolute atomic E-state index is 13.1. The zero-order valence-corrected chi connectivity index (χ0v) is 9.74. The second-order valence-corrected chi connectivity index (χ2v) is 5.19. The van der Waals surface area contributed by atoms with E-state index in [9.17, 15) is 17.6 Å². The van der Waals surface area contributed by atoms with E-state index in [1.807, 2.05) is 0 Å². The first kappa shape index (κ1) is 13.0. The predicted molar refractivity (Wildman–Crippen MR) is 55.3 cm³/mol. The molecule has 1 aromatic carbocycles. The van der Waals surface area contributed by atoms with Crippen LogP contribution in [0.3, 0.4) is 0 Å². The normalized spacial score (nSPS) is 10.9. The minimum Gasteiger partial charge on any atom is -0.405 e. The Morgan fingerprint density at radius 2 is 2.06 bits per heavy atom. The zero-order chi connectivity index (χ0) is 12.3. The van der Waals surface area contributed by atoms with Gasteiger partial charge in [-0.15, -0.1) is 0 Å². The maximum atomic E-state index is 13.1. The van der Waals surface area contributed by atoms with E-state index in [-0.39, 0.29) is 5.02 Å². The van der Waals surface area contributed by atoms with Gasteiger partial charge in [-0.3, -0.25) is 0 Å². The molecule has 0 unspecified atom stereocenters. The first-order valence-corrected chi connectivity index (χ1v) is 6.36. The lowest BCUT2D eigenvalue weighted by Gasteiger charge is -2.06. The van der Waals surface area contributed by atoms with Gasteiger partial charge in [-0.05, 0) is 12.1 Å². The van der Waals surface area contributed by atoms with Crippen molar-refractivity contribution in [3.8, 4) is 5.75 Å². The van der Waals surface area contributed by atoms with Crippen LogP contribution < -0.4 is 9.46 Å². The van der Waals surface area contributed by atoms with Gasteiger partial charge in [-0.25, -0.2) is 13.9 Å². The summed E-state index contributed by atoms with van der Waals surface area (Å²) in [4.78, 5) is 10.9. The second kappa shape index (κ2) is 4.86. The van der Waals surface area contributed by atoms with Gasteiger partial charge in [0.25, 0.3) is 0 Å². The number of carbonyl (C=O) groups excluding carboxylic acids is 1. The molecular formula is C7H4Cl2FNO4S. The van der Waals surface area contributed by atoms with Gasteiger partial charge in [-0.2, -0.15) is 8.42 Å². The van der Waals surface area contributed by atoms with E-state index in [0.717, 1.165) is 6.07 Å².